The Morgan fingerprint density at radius 2 is 2.50 bits per heavy atom. The maximum absolute atomic E-state index is 4.07. The minimum atomic E-state index is 0.559. The summed E-state index contributed by atoms with van der Waals surface area (Å²) in [6.07, 6.45) is 3.69. The second kappa shape index (κ2) is 4.28. The van der Waals surface area contributed by atoms with Crippen LogP contribution in [0.2, 0.25) is 0 Å². The van der Waals surface area contributed by atoms with Crippen molar-refractivity contribution in [2.24, 2.45) is 0 Å². The Kier molecular flexibility index (Phi) is 3.03. The molecule has 0 bridgehead atoms. The lowest BCUT2D eigenvalue weighted by Crippen LogP contribution is -2.49. The Morgan fingerprint density at radius 3 is 3.21 bits per heavy atom. The molecule has 1 N–H and O–H groups in total. The molecular weight excluding hydrogens is 242 g/mol. The van der Waals surface area contributed by atoms with E-state index in [0.717, 1.165) is 24.1 Å². The van der Waals surface area contributed by atoms with E-state index < -0.39 is 0 Å². The maximum atomic E-state index is 4.07. The number of nitrogens with zero attached hydrogens (tertiary/aromatic N) is 2. The van der Waals surface area contributed by atoms with Crippen molar-refractivity contribution < 1.29 is 0 Å². The van der Waals surface area contributed by atoms with Crippen molar-refractivity contribution in [1.82, 2.24) is 10.3 Å². The van der Waals surface area contributed by atoms with Crippen LogP contribution in [0.3, 0.4) is 0 Å². The minimum absolute atomic E-state index is 0.559. The van der Waals surface area contributed by atoms with Gasteiger partial charge in [0.2, 0.25) is 0 Å². The molecule has 4 heteroatoms. The highest BCUT2D eigenvalue weighted by molar-refractivity contribution is 9.10. The van der Waals surface area contributed by atoms with E-state index in [1.54, 1.807) is 0 Å². The zero-order valence-electron chi connectivity index (χ0n) is 8.20. The van der Waals surface area contributed by atoms with Gasteiger partial charge in [0.1, 0.15) is 0 Å². The van der Waals surface area contributed by atoms with Crippen molar-refractivity contribution in [1.29, 1.82) is 0 Å². The normalized spacial score (nSPS) is 22.4. The summed E-state index contributed by atoms with van der Waals surface area (Å²) in [6, 6.07) is 2.62. The van der Waals surface area contributed by atoms with Crippen LogP contribution in [0.4, 0.5) is 5.69 Å². The largest absolute Gasteiger partial charge is 0.368 e. The fourth-order valence-corrected chi connectivity index (χ4v) is 2.28. The van der Waals surface area contributed by atoms with E-state index in [9.17, 15) is 0 Å². The van der Waals surface area contributed by atoms with Crippen molar-refractivity contribution in [2.75, 3.05) is 24.5 Å². The Morgan fingerprint density at radius 1 is 1.64 bits per heavy atom. The second-order valence-corrected chi connectivity index (χ2v) is 4.48. The van der Waals surface area contributed by atoms with Gasteiger partial charge in [0.05, 0.1) is 10.2 Å². The van der Waals surface area contributed by atoms with E-state index in [4.69, 9.17) is 0 Å². The summed E-state index contributed by atoms with van der Waals surface area (Å²) < 4.78 is 1.08. The van der Waals surface area contributed by atoms with Gasteiger partial charge in [0, 0.05) is 38.1 Å². The third-order valence-corrected chi connectivity index (χ3v) is 3.07. The molecule has 1 aromatic rings. The van der Waals surface area contributed by atoms with Gasteiger partial charge < -0.3 is 10.2 Å². The summed E-state index contributed by atoms with van der Waals surface area (Å²) in [5.74, 6) is 0. The summed E-state index contributed by atoms with van der Waals surface area (Å²) >= 11 is 3.53. The van der Waals surface area contributed by atoms with Gasteiger partial charge in [-0.15, -0.1) is 0 Å². The molecule has 1 aliphatic rings. The molecule has 0 saturated carbocycles. The van der Waals surface area contributed by atoms with E-state index in [-0.39, 0.29) is 0 Å². The van der Waals surface area contributed by atoms with Gasteiger partial charge in [-0.2, -0.15) is 0 Å². The number of aromatic nitrogens is 1. The van der Waals surface area contributed by atoms with Crippen molar-refractivity contribution >= 4 is 21.6 Å². The molecule has 0 aliphatic carbocycles. The Bertz CT molecular complexity index is 316. The summed E-state index contributed by atoms with van der Waals surface area (Å²) in [5, 5.41) is 3.43. The van der Waals surface area contributed by atoms with Gasteiger partial charge in [0.15, 0.2) is 0 Å². The van der Waals surface area contributed by atoms with Crippen LogP contribution in [-0.4, -0.2) is 30.7 Å². The lowest BCUT2D eigenvalue weighted by molar-refractivity contribution is 0.484. The SMILES string of the molecule is C[C@@H]1CN(c2ccncc2Br)CCN1. The highest BCUT2D eigenvalue weighted by Crippen LogP contribution is 2.25. The van der Waals surface area contributed by atoms with Crippen LogP contribution in [0.25, 0.3) is 0 Å². The van der Waals surface area contributed by atoms with Gasteiger partial charge in [-0.3, -0.25) is 4.98 Å². The molecule has 2 heterocycles. The zero-order valence-corrected chi connectivity index (χ0v) is 9.79. The predicted molar refractivity (Wildman–Crippen MR) is 61.6 cm³/mol. The highest BCUT2D eigenvalue weighted by atomic mass is 79.9. The number of hydrogen-bond donors (Lipinski definition) is 1. The number of piperazine rings is 1. The van der Waals surface area contributed by atoms with E-state index >= 15 is 0 Å². The fourth-order valence-electron chi connectivity index (χ4n) is 1.78. The van der Waals surface area contributed by atoms with Gasteiger partial charge >= 0.3 is 0 Å². The topological polar surface area (TPSA) is 28.2 Å². The molecule has 0 radical (unpaired) electrons. The van der Waals surface area contributed by atoms with Crippen LogP contribution in [0.15, 0.2) is 22.9 Å². The lowest BCUT2D eigenvalue weighted by atomic mass is 10.2. The van der Waals surface area contributed by atoms with Crippen LogP contribution in [0, 0.1) is 0 Å². The van der Waals surface area contributed by atoms with E-state index in [0.29, 0.717) is 6.04 Å². The van der Waals surface area contributed by atoms with Gasteiger partial charge in [-0.1, -0.05) is 0 Å². The molecule has 0 unspecified atom stereocenters. The average molecular weight is 256 g/mol. The minimum Gasteiger partial charge on any atom is -0.368 e. The van der Waals surface area contributed by atoms with Crippen molar-refractivity contribution in [3.05, 3.63) is 22.9 Å². The maximum Gasteiger partial charge on any atom is 0.0592 e. The first-order valence-corrected chi connectivity index (χ1v) is 5.64. The first-order valence-electron chi connectivity index (χ1n) is 4.85. The molecule has 2 rings (SSSR count). The molecule has 1 atom stereocenters. The van der Waals surface area contributed by atoms with E-state index in [2.05, 4.69) is 44.1 Å². The van der Waals surface area contributed by atoms with Gasteiger partial charge in [0.25, 0.3) is 0 Å². The van der Waals surface area contributed by atoms with Crippen LogP contribution in [-0.2, 0) is 0 Å². The second-order valence-electron chi connectivity index (χ2n) is 3.63. The number of anilines is 1. The van der Waals surface area contributed by atoms with Crippen LogP contribution < -0.4 is 10.2 Å². The molecule has 1 aliphatic heterocycles. The molecule has 0 spiro atoms. The average Bonchev–Trinajstić information content (AvgIpc) is 2.18. The molecule has 0 amide bonds. The Hall–Kier alpha value is -0.610. The van der Waals surface area contributed by atoms with Gasteiger partial charge in [-0.25, -0.2) is 0 Å². The number of nitrogens with one attached hydrogen (secondary N) is 1. The summed E-state index contributed by atoms with van der Waals surface area (Å²) in [4.78, 5) is 6.45. The molecule has 1 aromatic heterocycles. The van der Waals surface area contributed by atoms with Crippen LogP contribution in [0.1, 0.15) is 6.92 Å². The number of hydrogen-bond acceptors (Lipinski definition) is 3. The fraction of sp³-hybridized carbons (Fsp3) is 0.500. The van der Waals surface area contributed by atoms with E-state index in [1.165, 1.54) is 5.69 Å². The molecule has 76 valence electrons. The number of pyridine rings is 1. The van der Waals surface area contributed by atoms with Crippen molar-refractivity contribution in [2.45, 2.75) is 13.0 Å². The first-order chi connectivity index (χ1) is 6.77. The van der Waals surface area contributed by atoms with Crippen molar-refractivity contribution in [3.8, 4) is 0 Å². The zero-order chi connectivity index (χ0) is 9.97. The Balaban J connectivity index is 2.18. The lowest BCUT2D eigenvalue weighted by Gasteiger charge is -2.34. The molecular formula is C10H14BrN3. The number of halogens is 1. The third-order valence-electron chi connectivity index (χ3n) is 2.46. The van der Waals surface area contributed by atoms with E-state index in [1.807, 2.05) is 12.4 Å². The molecule has 1 fully saturated rings. The summed E-state index contributed by atoms with van der Waals surface area (Å²) in [7, 11) is 0. The predicted octanol–water partition coefficient (Wildman–Crippen LogP) is 1.64. The molecule has 3 nitrogen and oxygen atoms in total. The van der Waals surface area contributed by atoms with Crippen molar-refractivity contribution in [3.63, 3.8) is 0 Å². The number of rotatable bonds is 1. The summed E-state index contributed by atoms with van der Waals surface area (Å²) in [6.45, 7) is 5.38. The van der Waals surface area contributed by atoms with Crippen LogP contribution >= 0.6 is 15.9 Å². The summed E-state index contributed by atoms with van der Waals surface area (Å²) in [5.41, 5.74) is 1.24. The Labute approximate surface area is 92.6 Å². The quantitative estimate of drug-likeness (QED) is 0.828. The molecule has 0 aromatic carbocycles. The smallest absolute Gasteiger partial charge is 0.0592 e. The highest BCUT2D eigenvalue weighted by Gasteiger charge is 2.17. The first kappa shape index (κ1) is 9.93. The third kappa shape index (κ3) is 2.07. The van der Waals surface area contributed by atoms with Gasteiger partial charge in [-0.05, 0) is 28.9 Å². The molecule has 1 saturated heterocycles. The monoisotopic (exact) mass is 255 g/mol. The molecule has 14 heavy (non-hydrogen) atoms. The standard InChI is InChI=1S/C10H14BrN3/c1-8-7-14(5-4-13-8)10-2-3-12-6-9(10)11/h2-3,6,8,13H,4-5,7H2,1H3/t8-/m1/s1. The van der Waals surface area contributed by atoms with Crippen LogP contribution in [0.5, 0.6) is 0 Å².